The van der Waals surface area contributed by atoms with E-state index in [9.17, 15) is 0 Å². The van der Waals surface area contributed by atoms with E-state index in [1.807, 2.05) is 0 Å². The highest BCUT2D eigenvalue weighted by Crippen LogP contribution is 2.18. The monoisotopic (exact) mass is 306 g/mol. The van der Waals surface area contributed by atoms with Crippen LogP contribution >= 0.6 is 11.8 Å². The quantitative estimate of drug-likeness (QED) is 0.895. The number of hydrogen-bond acceptors (Lipinski definition) is 3. The second kappa shape index (κ2) is 7.66. The predicted octanol–water partition coefficient (Wildman–Crippen LogP) is 3.55. The zero-order chi connectivity index (χ0) is 15.3. The highest BCUT2D eigenvalue weighted by Gasteiger charge is 2.18. The molecule has 0 bridgehead atoms. The summed E-state index contributed by atoms with van der Waals surface area (Å²) < 4.78 is 0. The van der Waals surface area contributed by atoms with Gasteiger partial charge >= 0.3 is 0 Å². The first-order valence-electron chi connectivity index (χ1n) is 8.09. The van der Waals surface area contributed by atoms with Crippen molar-refractivity contribution in [1.82, 2.24) is 10.2 Å². The van der Waals surface area contributed by atoms with Crippen LogP contribution in [-0.4, -0.2) is 41.1 Å². The van der Waals surface area contributed by atoms with E-state index in [-0.39, 0.29) is 5.54 Å². The number of rotatable bonds is 5. The molecule has 0 aromatic heterocycles. The van der Waals surface area contributed by atoms with Gasteiger partial charge in [-0.3, -0.25) is 4.90 Å². The van der Waals surface area contributed by atoms with E-state index in [1.165, 1.54) is 29.2 Å². The summed E-state index contributed by atoms with van der Waals surface area (Å²) in [5.41, 5.74) is 3.08. The minimum absolute atomic E-state index is 0.211. The highest BCUT2D eigenvalue weighted by molar-refractivity contribution is 7.99. The van der Waals surface area contributed by atoms with Crippen molar-refractivity contribution in [2.75, 3.05) is 24.6 Å². The Morgan fingerprint density at radius 3 is 2.48 bits per heavy atom. The fraction of sp³-hybridized carbons (Fsp3) is 0.667. The molecule has 1 unspecified atom stereocenters. The molecule has 21 heavy (non-hydrogen) atoms. The molecule has 1 aliphatic heterocycles. The van der Waals surface area contributed by atoms with Crippen molar-refractivity contribution in [3.63, 3.8) is 0 Å². The smallest absolute Gasteiger partial charge is 0.0237 e. The summed E-state index contributed by atoms with van der Waals surface area (Å²) in [6.07, 6.45) is 1.11. The second-order valence-corrected chi connectivity index (χ2v) is 8.29. The van der Waals surface area contributed by atoms with Crippen LogP contribution in [0.1, 0.15) is 38.8 Å². The molecule has 2 rings (SSSR count). The van der Waals surface area contributed by atoms with Crippen molar-refractivity contribution in [3.05, 3.63) is 35.4 Å². The van der Waals surface area contributed by atoms with Gasteiger partial charge in [-0.05, 0) is 51.8 Å². The molecule has 0 radical (unpaired) electrons. The van der Waals surface area contributed by atoms with Crippen LogP contribution < -0.4 is 5.32 Å². The van der Waals surface area contributed by atoms with E-state index in [2.05, 4.69) is 73.9 Å². The van der Waals surface area contributed by atoms with Crippen molar-refractivity contribution in [3.8, 4) is 0 Å². The third-order valence-corrected chi connectivity index (χ3v) is 5.17. The largest absolute Gasteiger partial charge is 0.312 e. The normalized spacial score (nSPS) is 20.7. The summed E-state index contributed by atoms with van der Waals surface area (Å²) >= 11 is 2.08. The maximum atomic E-state index is 3.55. The Balaban J connectivity index is 1.81. The van der Waals surface area contributed by atoms with Gasteiger partial charge in [0.2, 0.25) is 0 Å². The van der Waals surface area contributed by atoms with E-state index in [0.717, 1.165) is 19.5 Å². The molecular weight excluding hydrogens is 276 g/mol. The maximum absolute atomic E-state index is 3.55. The van der Waals surface area contributed by atoms with Crippen LogP contribution in [0.25, 0.3) is 0 Å². The molecule has 1 fully saturated rings. The standard InChI is InChI=1S/C18H30N2S/c1-15-14-21-12-11-20(15)13-17-7-5-16(6-8-17)9-10-19-18(2,3)4/h5-8,15,19H,9-14H2,1-4H3. The Bertz CT molecular complexity index is 422. The van der Waals surface area contributed by atoms with Gasteiger partial charge in [0, 0.05) is 36.2 Å². The molecule has 0 saturated carbocycles. The van der Waals surface area contributed by atoms with Gasteiger partial charge in [-0.25, -0.2) is 0 Å². The average Bonchev–Trinajstić information content (AvgIpc) is 2.42. The SMILES string of the molecule is CC1CSCCN1Cc1ccc(CCNC(C)(C)C)cc1. The highest BCUT2D eigenvalue weighted by atomic mass is 32.2. The van der Waals surface area contributed by atoms with Gasteiger partial charge in [-0.2, -0.15) is 11.8 Å². The third-order valence-electron chi connectivity index (χ3n) is 3.98. The van der Waals surface area contributed by atoms with E-state index in [0.29, 0.717) is 6.04 Å². The first kappa shape index (κ1) is 16.9. The Hall–Kier alpha value is -0.510. The zero-order valence-electron chi connectivity index (χ0n) is 14.0. The first-order valence-corrected chi connectivity index (χ1v) is 9.24. The molecule has 2 nitrogen and oxygen atoms in total. The second-order valence-electron chi connectivity index (χ2n) is 7.14. The van der Waals surface area contributed by atoms with Crippen molar-refractivity contribution in [2.24, 2.45) is 0 Å². The first-order chi connectivity index (χ1) is 9.94. The molecule has 1 N–H and O–H groups in total. The lowest BCUT2D eigenvalue weighted by Gasteiger charge is -2.33. The number of nitrogens with one attached hydrogen (secondary N) is 1. The summed E-state index contributed by atoms with van der Waals surface area (Å²) in [4.78, 5) is 2.60. The number of benzene rings is 1. The van der Waals surface area contributed by atoms with Crippen molar-refractivity contribution in [1.29, 1.82) is 0 Å². The van der Waals surface area contributed by atoms with Crippen molar-refractivity contribution in [2.45, 2.75) is 52.2 Å². The molecule has 1 aromatic rings. The molecule has 1 heterocycles. The molecule has 118 valence electrons. The van der Waals surface area contributed by atoms with E-state index in [1.54, 1.807) is 0 Å². The Labute approximate surface area is 134 Å². The minimum atomic E-state index is 0.211. The fourth-order valence-electron chi connectivity index (χ4n) is 2.62. The van der Waals surface area contributed by atoms with E-state index < -0.39 is 0 Å². The molecular formula is C18H30N2S. The molecule has 1 atom stereocenters. The number of hydrogen-bond donors (Lipinski definition) is 1. The van der Waals surface area contributed by atoms with Gasteiger partial charge in [-0.1, -0.05) is 24.3 Å². The molecule has 0 spiro atoms. The van der Waals surface area contributed by atoms with Crippen LogP contribution in [0, 0.1) is 0 Å². The summed E-state index contributed by atoms with van der Waals surface area (Å²) in [6, 6.07) is 9.91. The minimum Gasteiger partial charge on any atom is -0.312 e. The maximum Gasteiger partial charge on any atom is 0.0237 e. The third kappa shape index (κ3) is 6.01. The fourth-order valence-corrected chi connectivity index (χ4v) is 3.71. The Kier molecular flexibility index (Phi) is 6.15. The van der Waals surface area contributed by atoms with Gasteiger partial charge in [0.1, 0.15) is 0 Å². The lowest BCUT2D eigenvalue weighted by molar-refractivity contribution is 0.224. The van der Waals surface area contributed by atoms with Gasteiger partial charge in [0.05, 0.1) is 0 Å². The van der Waals surface area contributed by atoms with Crippen LogP contribution in [0.2, 0.25) is 0 Å². The predicted molar refractivity (Wildman–Crippen MR) is 95.1 cm³/mol. The topological polar surface area (TPSA) is 15.3 Å². The van der Waals surface area contributed by atoms with Crippen LogP contribution in [0.5, 0.6) is 0 Å². The van der Waals surface area contributed by atoms with Gasteiger partial charge in [0.15, 0.2) is 0 Å². The Morgan fingerprint density at radius 2 is 1.86 bits per heavy atom. The van der Waals surface area contributed by atoms with Crippen molar-refractivity contribution >= 4 is 11.8 Å². The molecule has 1 aromatic carbocycles. The Morgan fingerprint density at radius 1 is 1.19 bits per heavy atom. The van der Waals surface area contributed by atoms with Crippen LogP contribution in [0.15, 0.2) is 24.3 Å². The van der Waals surface area contributed by atoms with Gasteiger partial charge < -0.3 is 5.32 Å². The molecule has 3 heteroatoms. The van der Waals surface area contributed by atoms with E-state index in [4.69, 9.17) is 0 Å². The zero-order valence-corrected chi connectivity index (χ0v) is 14.8. The lowest BCUT2D eigenvalue weighted by Crippen LogP contribution is -2.39. The van der Waals surface area contributed by atoms with E-state index >= 15 is 0 Å². The average molecular weight is 307 g/mol. The summed E-state index contributed by atoms with van der Waals surface area (Å²) in [5, 5.41) is 3.55. The van der Waals surface area contributed by atoms with Crippen LogP contribution in [0.3, 0.4) is 0 Å². The summed E-state index contributed by atoms with van der Waals surface area (Å²) in [7, 11) is 0. The van der Waals surface area contributed by atoms with Crippen LogP contribution in [0.4, 0.5) is 0 Å². The van der Waals surface area contributed by atoms with Crippen LogP contribution in [-0.2, 0) is 13.0 Å². The summed E-state index contributed by atoms with van der Waals surface area (Å²) in [5.74, 6) is 2.55. The molecule has 1 aliphatic rings. The number of thioether (sulfide) groups is 1. The number of nitrogens with zero attached hydrogens (tertiary/aromatic N) is 1. The summed E-state index contributed by atoms with van der Waals surface area (Å²) in [6.45, 7) is 12.4. The van der Waals surface area contributed by atoms with Gasteiger partial charge in [0.25, 0.3) is 0 Å². The molecule has 0 amide bonds. The molecule has 0 aliphatic carbocycles. The lowest BCUT2D eigenvalue weighted by atomic mass is 10.1. The van der Waals surface area contributed by atoms with Crippen molar-refractivity contribution < 1.29 is 0 Å². The van der Waals surface area contributed by atoms with Gasteiger partial charge in [-0.15, -0.1) is 0 Å². The molecule has 1 saturated heterocycles.